The Morgan fingerprint density at radius 3 is 2.73 bits per heavy atom. The van der Waals surface area contributed by atoms with Gasteiger partial charge in [0.05, 0.1) is 5.92 Å². The molecule has 7 heteroatoms. The molecule has 0 saturated carbocycles. The second-order valence-electron chi connectivity index (χ2n) is 5.04. The molecule has 1 heterocycles. The van der Waals surface area contributed by atoms with Crippen molar-refractivity contribution in [2.75, 3.05) is 11.4 Å². The normalized spacial score (nSPS) is 12.1. The van der Waals surface area contributed by atoms with Gasteiger partial charge in [0.2, 0.25) is 5.13 Å². The van der Waals surface area contributed by atoms with Crippen molar-refractivity contribution in [1.82, 2.24) is 10.2 Å². The summed E-state index contributed by atoms with van der Waals surface area (Å²) in [7, 11) is 0. The van der Waals surface area contributed by atoms with Crippen molar-refractivity contribution in [3.05, 3.63) is 40.7 Å². The van der Waals surface area contributed by atoms with Crippen LogP contribution in [0.5, 0.6) is 0 Å². The van der Waals surface area contributed by atoms with E-state index in [-0.39, 0.29) is 18.9 Å². The Kier molecular flexibility index (Phi) is 5.43. The van der Waals surface area contributed by atoms with Crippen molar-refractivity contribution >= 4 is 22.4 Å². The average Bonchev–Trinajstić information content (AvgIpc) is 2.97. The van der Waals surface area contributed by atoms with Crippen LogP contribution >= 0.6 is 11.3 Å². The smallest absolute Gasteiger partial charge is 0.308 e. The van der Waals surface area contributed by atoms with E-state index in [2.05, 4.69) is 10.2 Å². The molecule has 1 aromatic carbocycles. The van der Waals surface area contributed by atoms with Crippen LogP contribution in [0.15, 0.2) is 24.3 Å². The van der Waals surface area contributed by atoms with Crippen molar-refractivity contribution in [2.24, 2.45) is 5.92 Å². The number of aryl methyl sites for hydroxylation is 1. The molecule has 2 aromatic rings. The summed E-state index contributed by atoms with van der Waals surface area (Å²) in [5.41, 5.74) is 0.508. The lowest BCUT2D eigenvalue weighted by molar-refractivity contribution is -0.140. The van der Waals surface area contributed by atoms with Gasteiger partial charge >= 0.3 is 5.97 Å². The Morgan fingerprint density at radius 1 is 1.41 bits per heavy atom. The third kappa shape index (κ3) is 4.00. The van der Waals surface area contributed by atoms with Gasteiger partial charge in [0.25, 0.3) is 0 Å². The highest BCUT2D eigenvalue weighted by Crippen LogP contribution is 2.24. The van der Waals surface area contributed by atoms with E-state index < -0.39 is 11.9 Å². The summed E-state index contributed by atoms with van der Waals surface area (Å²) in [5.74, 6) is -1.78. The molecule has 1 atom stereocenters. The topological polar surface area (TPSA) is 66.3 Å². The lowest BCUT2D eigenvalue weighted by atomic mass is 10.1. The number of nitrogens with zero attached hydrogens (tertiary/aromatic N) is 3. The number of hydrogen-bond acceptors (Lipinski definition) is 5. The minimum absolute atomic E-state index is 0.252. The zero-order chi connectivity index (χ0) is 16.1. The van der Waals surface area contributed by atoms with Crippen LogP contribution in [-0.4, -0.2) is 27.8 Å². The van der Waals surface area contributed by atoms with Crippen LogP contribution < -0.4 is 4.90 Å². The highest BCUT2D eigenvalue weighted by Gasteiger charge is 2.20. The van der Waals surface area contributed by atoms with Gasteiger partial charge < -0.3 is 10.0 Å². The van der Waals surface area contributed by atoms with Crippen LogP contribution in [0.1, 0.15) is 24.4 Å². The molecule has 1 N–H and O–H groups in total. The van der Waals surface area contributed by atoms with E-state index in [9.17, 15) is 9.18 Å². The van der Waals surface area contributed by atoms with Gasteiger partial charge in [-0.05, 0) is 12.5 Å². The van der Waals surface area contributed by atoms with Crippen LogP contribution in [0, 0.1) is 11.7 Å². The minimum Gasteiger partial charge on any atom is -0.481 e. The molecule has 0 amide bonds. The van der Waals surface area contributed by atoms with E-state index in [4.69, 9.17) is 5.11 Å². The Labute approximate surface area is 132 Å². The van der Waals surface area contributed by atoms with E-state index in [0.717, 1.165) is 11.4 Å². The third-order valence-electron chi connectivity index (χ3n) is 3.26. The van der Waals surface area contributed by atoms with Crippen LogP contribution in [0.4, 0.5) is 9.52 Å². The number of halogens is 1. The number of rotatable bonds is 7. The molecule has 1 unspecified atom stereocenters. The Morgan fingerprint density at radius 2 is 2.14 bits per heavy atom. The zero-order valence-corrected chi connectivity index (χ0v) is 13.3. The maximum absolute atomic E-state index is 13.9. The second-order valence-corrected chi connectivity index (χ2v) is 6.08. The van der Waals surface area contributed by atoms with Gasteiger partial charge in [-0.1, -0.05) is 43.4 Å². The molecule has 5 nitrogen and oxygen atoms in total. The molecule has 0 aliphatic rings. The molecule has 0 spiro atoms. The van der Waals surface area contributed by atoms with Gasteiger partial charge in [-0.25, -0.2) is 4.39 Å². The molecule has 22 heavy (non-hydrogen) atoms. The molecule has 1 aromatic heterocycles. The van der Waals surface area contributed by atoms with Crippen molar-refractivity contribution in [2.45, 2.75) is 26.8 Å². The fourth-order valence-electron chi connectivity index (χ4n) is 1.97. The molecular weight excluding hydrogens is 305 g/mol. The largest absolute Gasteiger partial charge is 0.481 e. The fraction of sp³-hybridized carbons (Fsp3) is 0.400. The van der Waals surface area contributed by atoms with Gasteiger partial charge in [0, 0.05) is 18.7 Å². The van der Waals surface area contributed by atoms with Crippen LogP contribution in [0.2, 0.25) is 0 Å². The molecule has 0 radical (unpaired) electrons. The molecule has 118 valence electrons. The van der Waals surface area contributed by atoms with Crippen molar-refractivity contribution in [3.63, 3.8) is 0 Å². The zero-order valence-electron chi connectivity index (χ0n) is 12.5. The molecular formula is C15H18FN3O2S. The number of hydrogen-bond donors (Lipinski definition) is 1. The minimum atomic E-state index is -0.890. The number of anilines is 1. The Bertz CT molecular complexity index is 647. The Balaban J connectivity index is 2.24. The van der Waals surface area contributed by atoms with Crippen molar-refractivity contribution < 1.29 is 14.3 Å². The van der Waals surface area contributed by atoms with Crippen LogP contribution in [0.25, 0.3) is 0 Å². The lowest BCUT2D eigenvalue weighted by Crippen LogP contribution is -2.31. The number of benzene rings is 1. The predicted molar refractivity (Wildman–Crippen MR) is 83.5 cm³/mol. The summed E-state index contributed by atoms with van der Waals surface area (Å²) >= 11 is 1.41. The van der Waals surface area contributed by atoms with Gasteiger partial charge in [0.1, 0.15) is 10.8 Å². The highest BCUT2D eigenvalue weighted by atomic mass is 32.1. The molecule has 0 saturated heterocycles. The first-order chi connectivity index (χ1) is 10.5. The molecule has 0 aliphatic carbocycles. The van der Waals surface area contributed by atoms with Crippen molar-refractivity contribution in [1.29, 1.82) is 0 Å². The van der Waals surface area contributed by atoms with Gasteiger partial charge in [0.15, 0.2) is 0 Å². The maximum Gasteiger partial charge on any atom is 0.308 e. The molecule has 0 bridgehead atoms. The standard InChI is InChI=1S/C15H18FN3O2S/c1-3-13-17-18-15(22-13)19(8-10(2)14(20)21)9-11-6-4-5-7-12(11)16/h4-7,10H,3,8-9H2,1-2H3,(H,20,21). The molecule has 0 fully saturated rings. The van der Waals surface area contributed by atoms with Gasteiger partial charge in [-0.15, -0.1) is 10.2 Å². The maximum atomic E-state index is 13.9. The molecule has 0 aliphatic heterocycles. The third-order valence-corrected chi connectivity index (χ3v) is 4.39. The number of aliphatic carboxylic acids is 1. The second kappa shape index (κ2) is 7.31. The average molecular weight is 323 g/mol. The Hall–Kier alpha value is -2.02. The van der Waals surface area contributed by atoms with E-state index in [1.54, 1.807) is 30.0 Å². The first-order valence-electron chi connectivity index (χ1n) is 7.04. The number of carboxylic acid groups (broad SMARTS) is 1. The van der Waals surface area contributed by atoms with Crippen LogP contribution in [-0.2, 0) is 17.8 Å². The fourth-order valence-corrected chi connectivity index (χ4v) is 2.75. The number of aromatic nitrogens is 2. The highest BCUT2D eigenvalue weighted by molar-refractivity contribution is 7.15. The van der Waals surface area contributed by atoms with Crippen molar-refractivity contribution in [3.8, 4) is 0 Å². The lowest BCUT2D eigenvalue weighted by Gasteiger charge is -2.23. The first-order valence-corrected chi connectivity index (χ1v) is 7.86. The van der Waals surface area contributed by atoms with E-state index >= 15 is 0 Å². The monoisotopic (exact) mass is 323 g/mol. The van der Waals surface area contributed by atoms with Gasteiger partial charge in [-0.2, -0.15) is 0 Å². The number of carbonyl (C=O) groups is 1. The first kappa shape index (κ1) is 16.4. The summed E-state index contributed by atoms with van der Waals surface area (Å²) in [4.78, 5) is 12.9. The van der Waals surface area contributed by atoms with Gasteiger partial charge in [-0.3, -0.25) is 4.79 Å². The summed E-state index contributed by atoms with van der Waals surface area (Å²) in [5, 5.41) is 18.8. The SMILES string of the molecule is CCc1nnc(N(Cc2ccccc2F)CC(C)C(=O)O)s1. The number of carboxylic acids is 1. The quantitative estimate of drug-likeness (QED) is 0.848. The summed E-state index contributed by atoms with van der Waals surface area (Å²) in [6, 6.07) is 6.47. The summed E-state index contributed by atoms with van der Waals surface area (Å²) < 4.78 is 13.9. The van der Waals surface area contributed by atoms with E-state index in [1.807, 2.05) is 6.92 Å². The summed E-state index contributed by atoms with van der Waals surface area (Å²) in [6.07, 6.45) is 0.764. The molecule has 2 rings (SSSR count). The summed E-state index contributed by atoms with van der Waals surface area (Å²) in [6.45, 7) is 4.12. The van der Waals surface area contributed by atoms with E-state index in [1.165, 1.54) is 17.4 Å². The van der Waals surface area contributed by atoms with E-state index in [0.29, 0.717) is 10.7 Å². The predicted octanol–water partition coefficient (Wildman–Crippen LogP) is 2.97. The van der Waals surface area contributed by atoms with Crippen LogP contribution in [0.3, 0.4) is 0 Å².